The first-order valence-electron chi connectivity index (χ1n) is 6.46. The zero-order chi connectivity index (χ0) is 16.1. The highest BCUT2D eigenvalue weighted by Crippen LogP contribution is 2.53. The van der Waals surface area contributed by atoms with Crippen molar-refractivity contribution in [1.82, 2.24) is 0 Å². The third-order valence-corrected chi connectivity index (χ3v) is 3.84. The fourth-order valence-electron chi connectivity index (χ4n) is 2.89. The van der Waals surface area contributed by atoms with E-state index in [9.17, 15) is 14.4 Å². The van der Waals surface area contributed by atoms with Gasteiger partial charge in [-0.2, -0.15) is 0 Å². The molecular weight excluding hydrogens is 290 g/mol. The van der Waals surface area contributed by atoms with E-state index in [1.807, 2.05) is 0 Å². The number of anilines is 1. The maximum absolute atomic E-state index is 12.8. The van der Waals surface area contributed by atoms with Crippen LogP contribution in [0.5, 0.6) is 5.75 Å². The number of hydrogen-bond acceptors (Lipinski definition) is 6. The second-order valence-electron chi connectivity index (χ2n) is 4.87. The highest BCUT2D eigenvalue weighted by Gasteiger charge is 2.62. The minimum Gasteiger partial charge on any atom is -0.496 e. The number of likely N-dealkylation sites (N-methyl/N-ethyl adjacent to an activating group) is 1. The Morgan fingerprint density at radius 3 is 2.64 bits per heavy atom. The van der Waals surface area contributed by atoms with Crippen LogP contribution in [0.1, 0.15) is 5.56 Å². The average Bonchev–Trinajstić information content (AvgIpc) is 2.98. The Labute approximate surface area is 126 Å². The van der Waals surface area contributed by atoms with Crippen molar-refractivity contribution in [2.75, 3.05) is 26.2 Å². The second-order valence-corrected chi connectivity index (χ2v) is 4.87. The lowest BCUT2D eigenvalue weighted by atomic mass is 9.87. The van der Waals surface area contributed by atoms with E-state index in [1.54, 1.807) is 18.2 Å². The molecule has 7 heteroatoms. The first-order valence-corrected chi connectivity index (χ1v) is 6.46. The molecule has 1 amide bonds. The molecule has 22 heavy (non-hydrogen) atoms. The van der Waals surface area contributed by atoms with Crippen molar-refractivity contribution in [3.63, 3.8) is 0 Å². The molecule has 0 aromatic heterocycles. The van der Waals surface area contributed by atoms with Gasteiger partial charge in [-0.05, 0) is 12.1 Å². The van der Waals surface area contributed by atoms with Gasteiger partial charge < -0.3 is 19.1 Å². The van der Waals surface area contributed by atoms with E-state index in [1.165, 1.54) is 26.2 Å². The largest absolute Gasteiger partial charge is 0.496 e. The van der Waals surface area contributed by atoms with Crippen LogP contribution in [0.25, 0.3) is 0 Å². The molecule has 1 atom stereocenters. The number of carbonyl (C=O) groups excluding carboxylic acids is 3. The summed E-state index contributed by atoms with van der Waals surface area (Å²) in [5.41, 5.74) is -1.16. The molecule has 0 saturated heterocycles. The van der Waals surface area contributed by atoms with Gasteiger partial charge in [-0.25, -0.2) is 9.59 Å². The molecule has 1 unspecified atom stereocenters. The van der Waals surface area contributed by atoms with Gasteiger partial charge in [0.15, 0.2) is 0 Å². The minimum atomic E-state index is -1.85. The van der Waals surface area contributed by atoms with Crippen LogP contribution in [0.4, 0.5) is 5.69 Å². The number of hydrogen-bond donors (Lipinski definition) is 0. The number of amides is 1. The van der Waals surface area contributed by atoms with Gasteiger partial charge in [0, 0.05) is 13.1 Å². The normalized spacial score (nSPS) is 22.5. The SMILES string of the molecule is COC(=O)C1=CC(=O)OC12C(=O)N(C)c1cccc(OC)c12. The van der Waals surface area contributed by atoms with Gasteiger partial charge in [-0.3, -0.25) is 4.79 Å². The molecule has 0 N–H and O–H groups in total. The third kappa shape index (κ3) is 1.53. The van der Waals surface area contributed by atoms with Crippen molar-refractivity contribution >= 4 is 23.5 Å². The summed E-state index contributed by atoms with van der Waals surface area (Å²) < 4.78 is 15.3. The van der Waals surface area contributed by atoms with Crippen LogP contribution < -0.4 is 9.64 Å². The molecule has 0 aliphatic carbocycles. The first kappa shape index (κ1) is 14.1. The maximum Gasteiger partial charge on any atom is 0.339 e. The fourth-order valence-corrected chi connectivity index (χ4v) is 2.89. The van der Waals surface area contributed by atoms with E-state index in [2.05, 4.69) is 0 Å². The maximum atomic E-state index is 12.8. The van der Waals surface area contributed by atoms with Crippen molar-refractivity contribution in [3.8, 4) is 5.75 Å². The molecule has 0 fully saturated rings. The number of carbonyl (C=O) groups is 3. The van der Waals surface area contributed by atoms with Crippen molar-refractivity contribution in [2.45, 2.75) is 5.60 Å². The van der Waals surface area contributed by atoms with Crippen LogP contribution >= 0.6 is 0 Å². The number of fused-ring (bicyclic) bond motifs is 2. The number of benzene rings is 1. The molecule has 2 aliphatic rings. The molecule has 1 aromatic carbocycles. The van der Waals surface area contributed by atoms with Gasteiger partial charge in [0.05, 0.1) is 25.5 Å². The van der Waals surface area contributed by atoms with Crippen LogP contribution in [0, 0.1) is 0 Å². The lowest BCUT2D eigenvalue weighted by Crippen LogP contribution is -2.43. The Bertz CT molecular complexity index is 738. The Morgan fingerprint density at radius 1 is 1.27 bits per heavy atom. The van der Waals surface area contributed by atoms with E-state index in [0.29, 0.717) is 17.0 Å². The zero-order valence-corrected chi connectivity index (χ0v) is 12.2. The lowest BCUT2D eigenvalue weighted by molar-refractivity contribution is -0.157. The van der Waals surface area contributed by atoms with Crippen LogP contribution in [0.15, 0.2) is 29.8 Å². The highest BCUT2D eigenvalue weighted by molar-refractivity contribution is 6.18. The van der Waals surface area contributed by atoms with Gasteiger partial charge in [-0.1, -0.05) is 6.07 Å². The summed E-state index contributed by atoms with van der Waals surface area (Å²) in [4.78, 5) is 37.9. The molecule has 114 valence electrons. The van der Waals surface area contributed by atoms with Crippen molar-refractivity contribution in [1.29, 1.82) is 0 Å². The summed E-state index contributed by atoms with van der Waals surface area (Å²) in [5.74, 6) is -1.78. The van der Waals surface area contributed by atoms with Crippen molar-refractivity contribution in [2.24, 2.45) is 0 Å². The predicted octanol–water partition coefficient (Wildman–Crippen LogP) is 0.523. The van der Waals surface area contributed by atoms with Gasteiger partial charge in [0.1, 0.15) is 11.3 Å². The standard InChI is InChI=1S/C15H13NO6/c1-16-9-5-4-6-10(20-2)12(9)15(14(16)19)8(13(18)21-3)7-11(17)22-15/h4-7H,1-3H3. The van der Waals surface area contributed by atoms with Crippen LogP contribution in [-0.4, -0.2) is 39.1 Å². The van der Waals surface area contributed by atoms with E-state index < -0.39 is 23.4 Å². The number of methoxy groups -OCH3 is 2. The molecule has 1 aromatic rings. The quantitative estimate of drug-likeness (QED) is 0.741. The zero-order valence-electron chi connectivity index (χ0n) is 12.2. The van der Waals surface area contributed by atoms with E-state index in [4.69, 9.17) is 14.2 Å². The Morgan fingerprint density at radius 2 is 2.00 bits per heavy atom. The molecule has 7 nitrogen and oxygen atoms in total. The van der Waals surface area contributed by atoms with Crippen LogP contribution in [-0.2, 0) is 29.5 Å². The Hall–Kier alpha value is -2.83. The summed E-state index contributed by atoms with van der Waals surface area (Å²) in [6, 6.07) is 5.03. The summed E-state index contributed by atoms with van der Waals surface area (Å²) >= 11 is 0. The first-order chi connectivity index (χ1) is 10.5. The molecular formula is C15H13NO6. The van der Waals surface area contributed by atoms with Crippen LogP contribution in [0.2, 0.25) is 0 Å². The fraction of sp³-hybridized carbons (Fsp3) is 0.267. The van der Waals surface area contributed by atoms with Gasteiger partial charge >= 0.3 is 11.9 Å². The summed E-state index contributed by atoms with van der Waals surface area (Å²) in [6.45, 7) is 0. The van der Waals surface area contributed by atoms with Crippen molar-refractivity contribution in [3.05, 3.63) is 35.4 Å². The molecule has 0 bridgehead atoms. The number of ether oxygens (including phenoxy) is 3. The Kier molecular flexibility index (Phi) is 2.94. The molecule has 0 saturated carbocycles. The second kappa shape index (κ2) is 4.59. The average molecular weight is 303 g/mol. The molecule has 3 rings (SSSR count). The molecule has 2 aliphatic heterocycles. The predicted molar refractivity (Wildman–Crippen MR) is 74.3 cm³/mol. The number of esters is 2. The van der Waals surface area contributed by atoms with Gasteiger partial charge in [0.25, 0.3) is 11.5 Å². The topological polar surface area (TPSA) is 82.1 Å². The van der Waals surface area contributed by atoms with Gasteiger partial charge in [-0.15, -0.1) is 0 Å². The van der Waals surface area contributed by atoms with E-state index in [-0.39, 0.29) is 5.57 Å². The lowest BCUT2D eigenvalue weighted by Gasteiger charge is -2.24. The summed E-state index contributed by atoms with van der Waals surface area (Å²) in [5, 5.41) is 0. The Balaban J connectivity index is 2.33. The van der Waals surface area contributed by atoms with Gasteiger partial charge in [0.2, 0.25) is 0 Å². The van der Waals surface area contributed by atoms with E-state index >= 15 is 0 Å². The van der Waals surface area contributed by atoms with E-state index in [0.717, 1.165) is 6.08 Å². The molecule has 2 heterocycles. The summed E-state index contributed by atoms with van der Waals surface area (Å²) in [7, 11) is 4.15. The third-order valence-electron chi connectivity index (χ3n) is 3.84. The molecule has 0 radical (unpaired) electrons. The summed E-state index contributed by atoms with van der Waals surface area (Å²) in [6.07, 6.45) is 0.985. The monoisotopic (exact) mass is 303 g/mol. The van der Waals surface area contributed by atoms with Crippen molar-refractivity contribution < 1.29 is 28.6 Å². The number of nitrogens with zero attached hydrogens (tertiary/aromatic N) is 1. The smallest absolute Gasteiger partial charge is 0.339 e. The molecule has 1 spiro atoms. The highest BCUT2D eigenvalue weighted by atomic mass is 16.6. The van der Waals surface area contributed by atoms with Crippen LogP contribution in [0.3, 0.4) is 0 Å². The minimum absolute atomic E-state index is 0.153. The number of rotatable bonds is 2.